The van der Waals surface area contributed by atoms with Gasteiger partial charge in [-0.1, -0.05) is 174 Å². The molecule has 0 spiro atoms. The summed E-state index contributed by atoms with van der Waals surface area (Å²) in [6.45, 7) is 25.6. The van der Waals surface area contributed by atoms with Gasteiger partial charge in [-0.05, 0) is 62.4 Å². The number of benzene rings is 4. The second kappa shape index (κ2) is 23.6. The Morgan fingerprint density at radius 2 is 1.15 bits per heavy atom. The summed E-state index contributed by atoms with van der Waals surface area (Å²) in [7, 11) is -2.04. The SMILES string of the molecule is CCI.Cc1ccc(CC(=O)OCc2ccccc2)cc1.[C-]#[N+]CC(C(=O)OCc1ccccc1)c1ccc(O[Si](C(C)C)(C(C)C)C(C)C)cc1. The minimum atomic E-state index is -2.04. The van der Waals surface area contributed by atoms with Crippen LogP contribution in [0.2, 0.25) is 16.6 Å². The van der Waals surface area contributed by atoms with Gasteiger partial charge in [0.25, 0.3) is 8.32 Å². The highest BCUT2D eigenvalue weighted by Gasteiger charge is 2.47. The van der Waals surface area contributed by atoms with E-state index in [0.717, 1.165) is 28.0 Å². The number of esters is 2. The van der Waals surface area contributed by atoms with Gasteiger partial charge in [0.1, 0.15) is 19.0 Å². The second-order valence-electron chi connectivity index (χ2n) is 13.6. The van der Waals surface area contributed by atoms with Crippen molar-refractivity contribution in [3.05, 3.63) is 148 Å². The van der Waals surface area contributed by atoms with Crippen molar-refractivity contribution in [3.8, 4) is 5.75 Å². The average molecular weight is 834 g/mol. The molecule has 1 unspecified atom stereocenters. The van der Waals surface area contributed by atoms with Crippen molar-refractivity contribution in [2.24, 2.45) is 0 Å². The maximum Gasteiger partial charge on any atom is 0.321 e. The molecule has 0 fully saturated rings. The summed E-state index contributed by atoms with van der Waals surface area (Å²) in [5, 5.41) is 0. The highest BCUT2D eigenvalue weighted by atomic mass is 127. The van der Waals surface area contributed by atoms with E-state index in [2.05, 4.69) is 75.9 Å². The van der Waals surface area contributed by atoms with Crippen LogP contribution in [0.5, 0.6) is 5.75 Å². The molecule has 278 valence electrons. The summed E-state index contributed by atoms with van der Waals surface area (Å²) in [6.07, 6.45) is 0.327. The Hall–Kier alpha value is -3.94. The first-order chi connectivity index (χ1) is 24.9. The van der Waals surface area contributed by atoms with Gasteiger partial charge in [0.05, 0.1) is 6.42 Å². The molecule has 1 atom stereocenters. The molecule has 4 rings (SSSR count). The lowest BCUT2D eigenvalue weighted by Gasteiger charge is -2.42. The van der Waals surface area contributed by atoms with E-state index in [1.54, 1.807) is 0 Å². The van der Waals surface area contributed by atoms with Crippen LogP contribution >= 0.6 is 22.6 Å². The topological polar surface area (TPSA) is 66.2 Å². The fraction of sp³-hybridized carbons (Fsp3) is 0.386. The summed E-state index contributed by atoms with van der Waals surface area (Å²) in [5.41, 5.74) is 6.34. The second-order valence-corrected chi connectivity index (χ2v) is 20.5. The van der Waals surface area contributed by atoms with Gasteiger partial charge in [0, 0.05) is 0 Å². The van der Waals surface area contributed by atoms with Crippen LogP contribution in [0.4, 0.5) is 0 Å². The number of rotatable bonds is 14. The van der Waals surface area contributed by atoms with Gasteiger partial charge >= 0.3 is 11.9 Å². The lowest BCUT2D eigenvalue weighted by Crippen LogP contribution is -2.50. The molecule has 0 saturated heterocycles. The van der Waals surface area contributed by atoms with Crippen LogP contribution in [0.15, 0.2) is 109 Å². The number of hydrogen-bond acceptors (Lipinski definition) is 5. The Bertz CT molecular complexity index is 1610. The van der Waals surface area contributed by atoms with Gasteiger partial charge in [0.15, 0.2) is 5.92 Å². The average Bonchev–Trinajstić information content (AvgIpc) is 3.13. The number of ether oxygens (including phenoxy) is 2. The number of halogens is 1. The van der Waals surface area contributed by atoms with Crippen molar-refractivity contribution >= 4 is 42.8 Å². The van der Waals surface area contributed by atoms with Gasteiger partial charge < -0.3 is 18.7 Å². The summed E-state index contributed by atoms with van der Waals surface area (Å²) in [4.78, 5) is 27.8. The van der Waals surface area contributed by atoms with Crippen LogP contribution < -0.4 is 4.43 Å². The Kier molecular flexibility index (Phi) is 20.1. The first-order valence-corrected chi connectivity index (χ1v) is 21.7. The van der Waals surface area contributed by atoms with Crippen molar-refractivity contribution in [3.63, 3.8) is 0 Å². The Morgan fingerprint density at radius 1 is 0.692 bits per heavy atom. The van der Waals surface area contributed by atoms with Gasteiger partial charge in [0.2, 0.25) is 6.54 Å². The summed E-state index contributed by atoms with van der Waals surface area (Å²) in [5.74, 6) is -0.324. The molecule has 0 aliphatic rings. The van der Waals surface area contributed by atoms with E-state index in [1.165, 1.54) is 9.99 Å². The van der Waals surface area contributed by atoms with Crippen molar-refractivity contribution in [1.82, 2.24) is 0 Å². The number of carbonyl (C=O) groups excluding carboxylic acids is 2. The third kappa shape index (κ3) is 14.6. The van der Waals surface area contributed by atoms with E-state index in [9.17, 15) is 9.59 Å². The van der Waals surface area contributed by atoms with E-state index in [4.69, 9.17) is 20.5 Å². The van der Waals surface area contributed by atoms with Crippen LogP contribution in [0.1, 0.15) is 82.2 Å². The first-order valence-electron chi connectivity index (χ1n) is 18.0. The predicted molar refractivity (Wildman–Crippen MR) is 224 cm³/mol. The zero-order chi connectivity index (χ0) is 38.5. The molecule has 0 aliphatic carbocycles. The third-order valence-electron chi connectivity index (χ3n) is 8.78. The van der Waals surface area contributed by atoms with Crippen LogP contribution in [0, 0.1) is 13.5 Å². The normalized spacial score (nSPS) is 11.4. The van der Waals surface area contributed by atoms with E-state index in [0.29, 0.717) is 29.7 Å². The molecule has 0 radical (unpaired) electrons. The maximum atomic E-state index is 12.7. The number of nitrogens with zero attached hydrogens (tertiary/aromatic N) is 1. The predicted octanol–water partition coefficient (Wildman–Crippen LogP) is 11.7. The number of aryl methyl sites for hydroxylation is 1. The maximum absolute atomic E-state index is 12.7. The quantitative estimate of drug-likeness (QED) is 0.0416. The Labute approximate surface area is 327 Å². The molecule has 4 aromatic carbocycles. The van der Waals surface area contributed by atoms with Crippen LogP contribution in [-0.4, -0.2) is 31.2 Å². The van der Waals surface area contributed by atoms with Gasteiger partial charge in [-0.2, -0.15) is 0 Å². The van der Waals surface area contributed by atoms with E-state index in [1.807, 2.05) is 116 Å². The summed E-state index contributed by atoms with van der Waals surface area (Å²) in [6, 6.07) is 34.9. The molecule has 52 heavy (non-hydrogen) atoms. The Balaban J connectivity index is 0.000000375. The van der Waals surface area contributed by atoms with Crippen LogP contribution in [0.3, 0.4) is 0 Å². The lowest BCUT2D eigenvalue weighted by atomic mass is 9.99. The zero-order valence-corrected chi connectivity index (χ0v) is 35.3. The van der Waals surface area contributed by atoms with E-state index >= 15 is 0 Å². The van der Waals surface area contributed by atoms with Crippen molar-refractivity contribution < 1.29 is 23.5 Å². The minimum Gasteiger partial charge on any atom is -0.543 e. The third-order valence-corrected chi connectivity index (χ3v) is 14.8. The van der Waals surface area contributed by atoms with Crippen molar-refractivity contribution in [2.75, 3.05) is 11.0 Å². The zero-order valence-electron chi connectivity index (χ0n) is 32.1. The molecule has 0 heterocycles. The molecule has 0 saturated carbocycles. The largest absolute Gasteiger partial charge is 0.543 e. The molecule has 0 bridgehead atoms. The molecule has 4 aromatic rings. The van der Waals surface area contributed by atoms with Crippen molar-refractivity contribution in [2.45, 2.75) is 97.6 Å². The number of alkyl halides is 1. The standard InChI is InChI=1S/C26H35NO3Si.C16H16O2.C2H5I/c1-19(2)31(20(3)4,21(5)6)30-24-15-13-23(14-16-24)25(17-27-7)26(28)29-18-22-11-9-8-10-12-22;1-13-7-9-14(10-8-13)11-16(17)18-12-15-5-3-2-4-6-15;1-2-3/h8-16,19-21,25H,17-18H2,1-6H3;2-10H,11-12H2,1H3;2H2,1H3. The molecule has 6 nitrogen and oxygen atoms in total. The highest BCUT2D eigenvalue weighted by Crippen LogP contribution is 2.42. The van der Waals surface area contributed by atoms with Gasteiger partial charge in [-0.15, -0.1) is 0 Å². The smallest absolute Gasteiger partial charge is 0.321 e. The van der Waals surface area contributed by atoms with Crippen LogP contribution in [-0.2, 0) is 38.7 Å². The number of carbonyl (C=O) groups is 2. The van der Waals surface area contributed by atoms with E-state index in [-0.39, 0.29) is 25.1 Å². The fourth-order valence-electron chi connectivity index (χ4n) is 6.22. The molecular formula is C44H56INO5Si. The van der Waals surface area contributed by atoms with Gasteiger partial charge in [-0.25, -0.2) is 6.57 Å². The molecular weight excluding hydrogens is 777 g/mol. The summed E-state index contributed by atoms with van der Waals surface area (Å²) < 4.78 is 18.6. The minimum absolute atomic E-state index is 0.0660. The highest BCUT2D eigenvalue weighted by molar-refractivity contribution is 14.1. The van der Waals surface area contributed by atoms with E-state index < -0.39 is 14.2 Å². The molecule has 0 amide bonds. The number of hydrogen-bond donors (Lipinski definition) is 0. The molecule has 0 aromatic heterocycles. The van der Waals surface area contributed by atoms with Crippen molar-refractivity contribution in [1.29, 1.82) is 0 Å². The van der Waals surface area contributed by atoms with Gasteiger partial charge in [-0.3, -0.25) is 9.59 Å². The summed E-state index contributed by atoms with van der Waals surface area (Å²) >= 11 is 2.29. The first kappa shape index (κ1) is 44.2. The molecule has 0 N–H and O–H groups in total. The molecule has 0 aliphatic heterocycles. The monoisotopic (exact) mass is 833 g/mol. The lowest BCUT2D eigenvalue weighted by molar-refractivity contribution is -0.146. The fourth-order valence-corrected chi connectivity index (χ4v) is 11.5. The Morgan fingerprint density at radius 3 is 1.60 bits per heavy atom. The van der Waals surface area contributed by atoms with Crippen LogP contribution in [0.25, 0.3) is 4.85 Å². The molecule has 8 heteroatoms.